The van der Waals surface area contributed by atoms with E-state index in [2.05, 4.69) is 25.4 Å². The van der Waals surface area contributed by atoms with Gasteiger partial charge in [-0.15, -0.1) is 0 Å². The third-order valence-corrected chi connectivity index (χ3v) is 4.97. The lowest BCUT2D eigenvalue weighted by molar-refractivity contribution is -0.128. The number of amides is 1. The topological polar surface area (TPSA) is 60.0 Å². The summed E-state index contributed by atoms with van der Waals surface area (Å²) in [5, 5.41) is 6.30. The molecule has 2 aliphatic rings. The van der Waals surface area contributed by atoms with E-state index in [0.717, 1.165) is 19.0 Å². The number of nitrogens with zero attached hydrogens (tertiary/aromatic N) is 3. The Morgan fingerprint density at radius 1 is 1.22 bits per heavy atom. The lowest BCUT2D eigenvalue weighted by Crippen LogP contribution is -2.49. The standard InChI is InChI=1S/C17H33N5O/c1-5-19-15(23)17(2,3)13-20-16(18-4)22-11-8-14(12-22)21-9-6-7-10-21/h14H,5-13H2,1-4H3,(H,18,20)(H,19,23). The molecule has 1 atom stereocenters. The van der Waals surface area contributed by atoms with Gasteiger partial charge in [-0.1, -0.05) is 0 Å². The number of aliphatic imine (C=N–C) groups is 1. The lowest BCUT2D eigenvalue weighted by Gasteiger charge is -2.28. The minimum absolute atomic E-state index is 0.0827. The fourth-order valence-electron chi connectivity index (χ4n) is 3.45. The monoisotopic (exact) mass is 323 g/mol. The Morgan fingerprint density at radius 2 is 1.91 bits per heavy atom. The van der Waals surface area contributed by atoms with Crippen LogP contribution < -0.4 is 10.6 Å². The van der Waals surface area contributed by atoms with E-state index in [1.54, 1.807) is 0 Å². The number of likely N-dealkylation sites (tertiary alicyclic amines) is 2. The van der Waals surface area contributed by atoms with E-state index < -0.39 is 5.41 Å². The van der Waals surface area contributed by atoms with Gasteiger partial charge in [0.2, 0.25) is 5.91 Å². The van der Waals surface area contributed by atoms with Gasteiger partial charge in [-0.25, -0.2) is 0 Å². The first-order valence-electron chi connectivity index (χ1n) is 8.96. The van der Waals surface area contributed by atoms with Gasteiger partial charge in [-0.2, -0.15) is 0 Å². The molecule has 0 radical (unpaired) electrons. The highest BCUT2D eigenvalue weighted by Crippen LogP contribution is 2.21. The molecule has 2 fully saturated rings. The van der Waals surface area contributed by atoms with Gasteiger partial charge in [0.15, 0.2) is 5.96 Å². The fourth-order valence-corrected chi connectivity index (χ4v) is 3.45. The Balaban J connectivity index is 1.85. The fraction of sp³-hybridized carbons (Fsp3) is 0.882. The summed E-state index contributed by atoms with van der Waals surface area (Å²) in [6, 6.07) is 0.660. The number of carbonyl (C=O) groups excluding carboxylic acids is 1. The van der Waals surface area contributed by atoms with E-state index in [1.165, 1.54) is 32.4 Å². The lowest BCUT2D eigenvalue weighted by atomic mass is 9.92. The zero-order valence-electron chi connectivity index (χ0n) is 15.2. The zero-order chi connectivity index (χ0) is 16.9. The maximum atomic E-state index is 12.1. The van der Waals surface area contributed by atoms with Crippen molar-refractivity contribution in [2.24, 2.45) is 10.4 Å². The molecule has 1 unspecified atom stereocenters. The molecular weight excluding hydrogens is 290 g/mol. The average Bonchev–Trinajstić information content (AvgIpc) is 3.19. The van der Waals surface area contributed by atoms with E-state index in [0.29, 0.717) is 19.1 Å². The van der Waals surface area contributed by atoms with Crippen molar-refractivity contribution in [2.45, 2.75) is 46.1 Å². The maximum Gasteiger partial charge on any atom is 0.227 e. The minimum atomic E-state index is -0.444. The highest BCUT2D eigenvalue weighted by atomic mass is 16.2. The molecule has 2 aliphatic heterocycles. The van der Waals surface area contributed by atoms with Gasteiger partial charge in [0.1, 0.15) is 0 Å². The van der Waals surface area contributed by atoms with Crippen LogP contribution in [-0.2, 0) is 4.79 Å². The van der Waals surface area contributed by atoms with Crippen LogP contribution in [0.4, 0.5) is 0 Å². The second kappa shape index (κ2) is 7.99. The van der Waals surface area contributed by atoms with Crippen LogP contribution in [-0.4, -0.2) is 74.0 Å². The van der Waals surface area contributed by atoms with Gasteiger partial charge in [0, 0.05) is 39.3 Å². The Kier molecular flexibility index (Phi) is 6.27. The molecule has 0 aromatic heterocycles. The summed E-state index contributed by atoms with van der Waals surface area (Å²) in [4.78, 5) is 21.5. The molecule has 0 saturated carbocycles. The second-order valence-electron chi connectivity index (χ2n) is 7.28. The first-order valence-corrected chi connectivity index (χ1v) is 8.96. The van der Waals surface area contributed by atoms with E-state index >= 15 is 0 Å². The molecule has 6 nitrogen and oxygen atoms in total. The Bertz CT molecular complexity index is 429. The van der Waals surface area contributed by atoms with Crippen LogP contribution in [0.3, 0.4) is 0 Å². The molecule has 0 aliphatic carbocycles. The molecule has 1 amide bonds. The van der Waals surface area contributed by atoms with Crippen LogP contribution in [0.25, 0.3) is 0 Å². The maximum absolute atomic E-state index is 12.1. The summed E-state index contributed by atoms with van der Waals surface area (Å²) in [5.41, 5.74) is -0.444. The van der Waals surface area contributed by atoms with Gasteiger partial charge >= 0.3 is 0 Å². The number of hydrogen-bond acceptors (Lipinski definition) is 3. The van der Waals surface area contributed by atoms with Crippen LogP contribution in [0.5, 0.6) is 0 Å². The van der Waals surface area contributed by atoms with Crippen molar-refractivity contribution in [2.75, 3.05) is 46.3 Å². The smallest absolute Gasteiger partial charge is 0.227 e. The van der Waals surface area contributed by atoms with Gasteiger partial charge in [0.25, 0.3) is 0 Å². The average molecular weight is 323 g/mol. The van der Waals surface area contributed by atoms with E-state index in [4.69, 9.17) is 0 Å². The Hall–Kier alpha value is -1.30. The van der Waals surface area contributed by atoms with Crippen LogP contribution in [0.1, 0.15) is 40.0 Å². The summed E-state index contributed by atoms with van der Waals surface area (Å²) in [7, 11) is 1.82. The predicted octanol–water partition coefficient (Wildman–Crippen LogP) is 0.894. The second-order valence-corrected chi connectivity index (χ2v) is 7.28. The molecule has 2 heterocycles. The van der Waals surface area contributed by atoms with Crippen molar-refractivity contribution in [3.8, 4) is 0 Å². The summed E-state index contributed by atoms with van der Waals surface area (Å²) < 4.78 is 0. The summed E-state index contributed by atoms with van der Waals surface area (Å²) >= 11 is 0. The molecule has 6 heteroatoms. The number of hydrogen-bond donors (Lipinski definition) is 2. The third kappa shape index (κ3) is 4.59. The first kappa shape index (κ1) is 18.0. The minimum Gasteiger partial charge on any atom is -0.356 e. The molecule has 2 rings (SSSR count). The number of guanidine groups is 1. The van der Waals surface area contributed by atoms with Gasteiger partial charge in [-0.05, 0) is 53.1 Å². The zero-order valence-corrected chi connectivity index (χ0v) is 15.2. The van der Waals surface area contributed by atoms with E-state index in [1.807, 2.05) is 27.8 Å². The van der Waals surface area contributed by atoms with Crippen LogP contribution in [0.2, 0.25) is 0 Å². The normalized spacial score (nSPS) is 23.4. The predicted molar refractivity (Wildman–Crippen MR) is 94.6 cm³/mol. The highest BCUT2D eigenvalue weighted by molar-refractivity contribution is 5.84. The summed E-state index contributed by atoms with van der Waals surface area (Å²) in [6.45, 7) is 11.7. The number of carbonyl (C=O) groups is 1. The molecular formula is C17H33N5O. The molecule has 132 valence electrons. The van der Waals surface area contributed by atoms with Crippen molar-refractivity contribution >= 4 is 11.9 Å². The summed E-state index contributed by atoms with van der Waals surface area (Å²) in [6.07, 6.45) is 3.88. The van der Waals surface area contributed by atoms with Crippen molar-refractivity contribution in [1.29, 1.82) is 0 Å². The van der Waals surface area contributed by atoms with Crippen LogP contribution in [0, 0.1) is 5.41 Å². The van der Waals surface area contributed by atoms with Gasteiger partial charge in [0.05, 0.1) is 5.41 Å². The number of nitrogens with one attached hydrogen (secondary N) is 2. The van der Waals surface area contributed by atoms with Crippen molar-refractivity contribution < 1.29 is 4.79 Å². The van der Waals surface area contributed by atoms with Gasteiger partial charge < -0.3 is 15.5 Å². The Morgan fingerprint density at radius 3 is 2.52 bits per heavy atom. The van der Waals surface area contributed by atoms with Crippen LogP contribution in [0.15, 0.2) is 4.99 Å². The Labute approximate surface area is 140 Å². The molecule has 0 bridgehead atoms. The molecule has 2 N–H and O–H groups in total. The molecule has 23 heavy (non-hydrogen) atoms. The van der Waals surface area contributed by atoms with E-state index in [-0.39, 0.29) is 5.91 Å². The van der Waals surface area contributed by atoms with E-state index in [9.17, 15) is 4.79 Å². The quantitative estimate of drug-likeness (QED) is 0.583. The van der Waals surface area contributed by atoms with Gasteiger partial charge in [-0.3, -0.25) is 14.7 Å². The largest absolute Gasteiger partial charge is 0.356 e. The molecule has 0 aromatic carbocycles. The number of rotatable bonds is 5. The molecule has 0 aromatic rings. The van der Waals surface area contributed by atoms with Crippen molar-refractivity contribution in [3.63, 3.8) is 0 Å². The molecule has 0 spiro atoms. The third-order valence-electron chi connectivity index (χ3n) is 4.97. The molecule has 2 saturated heterocycles. The first-order chi connectivity index (χ1) is 11.0. The summed E-state index contributed by atoms with van der Waals surface area (Å²) in [5.74, 6) is 1.00. The van der Waals surface area contributed by atoms with Crippen molar-refractivity contribution in [3.05, 3.63) is 0 Å². The van der Waals surface area contributed by atoms with Crippen LogP contribution >= 0.6 is 0 Å². The van der Waals surface area contributed by atoms with Crippen molar-refractivity contribution in [1.82, 2.24) is 20.4 Å². The highest BCUT2D eigenvalue weighted by Gasteiger charge is 2.32. The SMILES string of the molecule is CCNC(=O)C(C)(C)CNC(=NC)N1CCC(N2CCCC2)C1.